The minimum Gasteiger partial charge on any atom is -0.274 e. The lowest BCUT2D eigenvalue weighted by molar-refractivity contribution is -0.137. The smallest absolute Gasteiger partial charge is 0.274 e. The minimum atomic E-state index is -4.44. The fraction of sp³-hybridized carbons (Fsp3) is 0.412. The van der Waals surface area contributed by atoms with Crippen LogP contribution in [0, 0.1) is 23.7 Å². The third-order valence-corrected chi connectivity index (χ3v) is 5.33. The summed E-state index contributed by atoms with van der Waals surface area (Å²) in [6.07, 6.45) is -1.54. The Morgan fingerprint density at radius 3 is 2.26 bits per heavy atom. The van der Waals surface area contributed by atoms with Crippen LogP contribution in [-0.2, 0) is 15.8 Å². The van der Waals surface area contributed by atoms with Crippen molar-refractivity contribution in [1.82, 2.24) is 0 Å². The SMILES string of the molecule is CC1=C[C@H]2C[C@H]1[C@@H]1C(=O)N(c3ccc(C(F)(F)F)cc3)C(=O)[C@H]12. The number of rotatable bonds is 1. The summed E-state index contributed by atoms with van der Waals surface area (Å²) < 4.78 is 37.9. The number of nitrogens with zero attached hydrogens (tertiary/aromatic N) is 1. The number of fused-ring (bicyclic) bond motifs is 5. The molecule has 4 atom stereocenters. The van der Waals surface area contributed by atoms with Gasteiger partial charge < -0.3 is 0 Å². The van der Waals surface area contributed by atoms with E-state index in [0.717, 1.165) is 29.0 Å². The molecule has 4 rings (SSSR count). The highest BCUT2D eigenvalue weighted by atomic mass is 19.4. The van der Waals surface area contributed by atoms with E-state index in [4.69, 9.17) is 0 Å². The molecule has 0 unspecified atom stereocenters. The van der Waals surface area contributed by atoms with Crippen molar-refractivity contribution in [2.24, 2.45) is 23.7 Å². The van der Waals surface area contributed by atoms with Crippen LogP contribution >= 0.6 is 0 Å². The van der Waals surface area contributed by atoms with Gasteiger partial charge in [-0.2, -0.15) is 13.2 Å². The average molecular weight is 321 g/mol. The van der Waals surface area contributed by atoms with E-state index < -0.39 is 11.7 Å². The zero-order valence-corrected chi connectivity index (χ0v) is 12.3. The first-order valence-corrected chi connectivity index (χ1v) is 7.52. The molecule has 0 N–H and O–H groups in total. The van der Waals surface area contributed by atoms with Gasteiger partial charge in [0.25, 0.3) is 0 Å². The number of hydrogen-bond acceptors (Lipinski definition) is 2. The van der Waals surface area contributed by atoms with Crippen molar-refractivity contribution < 1.29 is 22.8 Å². The largest absolute Gasteiger partial charge is 0.416 e. The third-order valence-electron chi connectivity index (χ3n) is 5.33. The standard InChI is InChI=1S/C17H14F3NO2/c1-8-6-9-7-12(8)14-13(9)15(22)21(16(14)23)11-4-2-10(3-5-11)17(18,19)20/h2-6,9,12-14H,7H2,1H3/t9-,12+,13-,14-/m0/s1. The molecule has 1 aromatic rings. The van der Waals surface area contributed by atoms with E-state index in [1.807, 2.05) is 6.92 Å². The lowest BCUT2D eigenvalue weighted by atomic mass is 9.82. The molecule has 3 aliphatic rings. The van der Waals surface area contributed by atoms with Gasteiger partial charge in [-0.15, -0.1) is 0 Å². The van der Waals surface area contributed by atoms with Crippen molar-refractivity contribution in [1.29, 1.82) is 0 Å². The molecule has 1 saturated heterocycles. The zero-order chi connectivity index (χ0) is 16.5. The van der Waals surface area contributed by atoms with E-state index in [1.54, 1.807) is 0 Å². The number of carbonyl (C=O) groups excluding carboxylic acids is 2. The van der Waals surface area contributed by atoms with Crippen LogP contribution < -0.4 is 4.90 Å². The summed E-state index contributed by atoms with van der Waals surface area (Å²) in [6, 6.07) is 4.20. The second-order valence-electron chi connectivity index (χ2n) is 6.52. The maximum Gasteiger partial charge on any atom is 0.416 e. The number of amides is 2. The highest BCUT2D eigenvalue weighted by Crippen LogP contribution is 2.55. The fourth-order valence-electron chi connectivity index (χ4n) is 4.33. The van der Waals surface area contributed by atoms with Crippen LogP contribution in [0.3, 0.4) is 0 Å². The zero-order valence-electron chi connectivity index (χ0n) is 12.3. The van der Waals surface area contributed by atoms with Crippen LogP contribution in [0.5, 0.6) is 0 Å². The highest BCUT2D eigenvalue weighted by Gasteiger charge is 2.60. The number of allylic oxidation sites excluding steroid dienone is 2. The summed E-state index contributed by atoms with van der Waals surface area (Å²) in [7, 11) is 0. The van der Waals surface area contributed by atoms with Crippen LogP contribution in [-0.4, -0.2) is 11.8 Å². The van der Waals surface area contributed by atoms with E-state index in [1.165, 1.54) is 12.1 Å². The van der Waals surface area contributed by atoms with E-state index in [0.29, 0.717) is 0 Å². The molecule has 2 aliphatic carbocycles. The Hall–Kier alpha value is -2.11. The van der Waals surface area contributed by atoms with E-state index in [9.17, 15) is 22.8 Å². The van der Waals surface area contributed by atoms with Gasteiger partial charge in [0.05, 0.1) is 23.1 Å². The molecule has 3 nitrogen and oxygen atoms in total. The number of benzene rings is 1. The van der Waals surface area contributed by atoms with E-state index in [2.05, 4.69) is 6.08 Å². The molecule has 1 saturated carbocycles. The third kappa shape index (κ3) is 1.90. The van der Waals surface area contributed by atoms with Gasteiger partial charge in [0.2, 0.25) is 11.8 Å². The van der Waals surface area contributed by atoms with Crippen LogP contribution in [0.25, 0.3) is 0 Å². The Morgan fingerprint density at radius 1 is 1.04 bits per heavy atom. The van der Waals surface area contributed by atoms with Crippen LogP contribution in [0.4, 0.5) is 18.9 Å². The number of hydrogen-bond donors (Lipinski definition) is 0. The van der Waals surface area contributed by atoms with Gasteiger partial charge in [0.1, 0.15) is 0 Å². The quantitative estimate of drug-likeness (QED) is 0.587. The molecular formula is C17H14F3NO2. The Bertz CT molecular complexity index is 735. The number of halogens is 3. The predicted octanol–water partition coefficient (Wildman–Crippen LogP) is 3.41. The first-order valence-electron chi connectivity index (χ1n) is 7.52. The number of carbonyl (C=O) groups is 2. The summed E-state index contributed by atoms with van der Waals surface area (Å²) in [5, 5.41) is 0. The second-order valence-corrected chi connectivity index (χ2v) is 6.52. The van der Waals surface area contributed by atoms with Gasteiger partial charge in [-0.3, -0.25) is 14.5 Å². The average Bonchev–Trinajstić information content (AvgIpc) is 3.10. The van der Waals surface area contributed by atoms with Crippen molar-refractivity contribution in [3.8, 4) is 0 Å². The van der Waals surface area contributed by atoms with Gasteiger partial charge in [0, 0.05) is 0 Å². The summed E-state index contributed by atoms with van der Waals surface area (Å²) in [6.45, 7) is 1.97. The van der Waals surface area contributed by atoms with Crippen molar-refractivity contribution >= 4 is 17.5 Å². The highest BCUT2D eigenvalue weighted by molar-refractivity contribution is 6.22. The Labute approximate surface area is 130 Å². The molecule has 1 aromatic carbocycles. The summed E-state index contributed by atoms with van der Waals surface area (Å²) in [4.78, 5) is 26.4. The lowest BCUT2D eigenvalue weighted by Gasteiger charge is -2.19. The van der Waals surface area contributed by atoms with Crippen LogP contribution in [0.15, 0.2) is 35.9 Å². The molecule has 2 bridgehead atoms. The lowest BCUT2D eigenvalue weighted by Crippen LogP contribution is -2.33. The van der Waals surface area contributed by atoms with E-state index >= 15 is 0 Å². The van der Waals surface area contributed by atoms with Crippen LogP contribution in [0.1, 0.15) is 18.9 Å². The topological polar surface area (TPSA) is 37.4 Å². The molecule has 1 heterocycles. The molecule has 6 heteroatoms. The summed E-state index contributed by atoms with van der Waals surface area (Å²) in [5.74, 6) is -1.07. The fourth-order valence-corrected chi connectivity index (χ4v) is 4.33. The Balaban J connectivity index is 1.67. The maximum absolute atomic E-state index is 12.7. The molecule has 23 heavy (non-hydrogen) atoms. The monoisotopic (exact) mass is 321 g/mol. The van der Waals surface area contributed by atoms with Gasteiger partial charge in [-0.25, -0.2) is 0 Å². The van der Waals surface area contributed by atoms with Crippen molar-refractivity contribution in [2.75, 3.05) is 4.90 Å². The summed E-state index contributed by atoms with van der Waals surface area (Å²) in [5.41, 5.74) is 0.573. The molecule has 2 amide bonds. The van der Waals surface area contributed by atoms with Gasteiger partial charge in [-0.1, -0.05) is 11.6 Å². The molecule has 0 aromatic heterocycles. The first kappa shape index (κ1) is 14.5. The second kappa shape index (κ2) is 4.46. The van der Waals surface area contributed by atoms with Crippen molar-refractivity contribution in [3.63, 3.8) is 0 Å². The molecular weight excluding hydrogens is 307 g/mol. The Morgan fingerprint density at radius 2 is 1.65 bits per heavy atom. The summed E-state index contributed by atoms with van der Waals surface area (Å²) >= 11 is 0. The molecule has 120 valence electrons. The van der Waals surface area contributed by atoms with Gasteiger partial charge in [0.15, 0.2) is 0 Å². The number of alkyl halides is 3. The van der Waals surface area contributed by atoms with E-state index in [-0.39, 0.29) is 41.2 Å². The van der Waals surface area contributed by atoms with Crippen LogP contribution in [0.2, 0.25) is 0 Å². The predicted molar refractivity (Wildman–Crippen MR) is 76.3 cm³/mol. The maximum atomic E-state index is 12.7. The number of anilines is 1. The van der Waals surface area contributed by atoms with Crippen molar-refractivity contribution in [2.45, 2.75) is 19.5 Å². The molecule has 2 fully saturated rings. The normalized spacial score (nSPS) is 32.5. The molecule has 1 aliphatic heterocycles. The van der Waals surface area contributed by atoms with Gasteiger partial charge in [-0.05, 0) is 49.4 Å². The first-order chi connectivity index (χ1) is 10.8. The Kier molecular flexibility index (Phi) is 2.81. The number of imide groups is 1. The van der Waals surface area contributed by atoms with Gasteiger partial charge >= 0.3 is 6.18 Å². The van der Waals surface area contributed by atoms with Crippen molar-refractivity contribution in [3.05, 3.63) is 41.5 Å². The molecule has 0 radical (unpaired) electrons. The minimum absolute atomic E-state index is 0.0842. The molecule has 0 spiro atoms.